The zero-order chi connectivity index (χ0) is 13.6. The number of amides is 1. The van der Waals surface area contributed by atoms with Gasteiger partial charge < -0.3 is 20.5 Å². The fourth-order valence-corrected chi connectivity index (χ4v) is 2.07. The second kappa shape index (κ2) is 8.35. The van der Waals surface area contributed by atoms with Gasteiger partial charge in [-0.2, -0.15) is 0 Å². The van der Waals surface area contributed by atoms with E-state index in [1.54, 1.807) is 0 Å². The van der Waals surface area contributed by atoms with Gasteiger partial charge in [-0.05, 0) is 19.3 Å². The number of hydrogen-bond acceptors (Lipinski definition) is 5. The van der Waals surface area contributed by atoms with E-state index in [4.69, 9.17) is 10.5 Å². The van der Waals surface area contributed by atoms with Crippen molar-refractivity contribution in [3.63, 3.8) is 0 Å². The summed E-state index contributed by atoms with van der Waals surface area (Å²) in [4.78, 5) is 23.7. The molecule has 0 aliphatic carbocycles. The maximum absolute atomic E-state index is 12.3. The van der Waals surface area contributed by atoms with Crippen molar-refractivity contribution >= 4 is 24.3 Å². The zero-order valence-corrected chi connectivity index (χ0v) is 12.3. The minimum atomic E-state index is -0.611. The molecular formula is C12H23ClN2O4. The molecule has 1 saturated heterocycles. The van der Waals surface area contributed by atoms with Crippen molar-refractivity contribution in [3.8, 4) is 0 Å². The molecule has 1 unspecified atom stereocenters. The number of nitrogens with one attached hydrogen (secondary N) is 1. The molecule has 3 N–H and O–H groups in total. The number of carbonyl (C=O) groups excluding carboxylic acids is 2. The van der Waals surface area contributed by atoms with Crippen LogP contribution >= 0.6 is 12.4 Å². The lowest BCUT2D eigenvalue weighted by molar-refractivity contribution is -0.148. The van der Waals surface area contributed by atoms with Gasteiger partial charge in [0.25, 0.3) is 0 Å². The molecule has 0 spiro atoms. The van der Waals surface area contributed by atoms with Gasteiger partial charge in [0.2, 0.25) is 5.91 Å². The fraction of sp³-hybridized carbons (Fsp3) is 0.833. The summed E-state index contributed by atoms with van der Waals surface area (Å²) >= 11 is 0. The Labute approximate surface area is 119 Å². The first-order valence-corrected chi connectivity index (χ1v) is 6.26. The normalized spacial score (nSPS) is 18.9. The van der Waals surface area contributed by atoms with Crippen LogP contribution in [0.1, 0.15) is 26.2 Å². The maximum Gasteiger partial charge on any atom is 0.328 e. The molecule has 1 fully saturated rings. The lowest BCUT2D eigenvalue weighted by Gasteiger charge is -2.35. The van der Waals surface area contributed by atoms with E-state index in [1.807, 2.05) is 6.92 Å². The molecule has 6 nitrogen and oxygen atoms in total. The molecule has 0 aromatic heterocycles. The Morgan fingerprint density at radius 2 is 2.00 bits per heavy atom. The Kier molecular flexibility index (Phi) is 7.97. The van der Waals surface area contributed by atoms with Crippen LogP contribution in [0, 0.1) is 5.41 Å². The number of ether oxygens (including phenoxy) is 2. The number of esters is 1. The molecule has 0 bridgehead atoms. The highest BCUT2D eigenvalue weighted by molar-refractivity contribution is 5.88. The van der Waals surface area contributed by atoms with Gasteiger partial charge in [-0.25, -0.2) is 4.79 Å². The number of carbonyl (C=O) groups is 2. The van der Waals surface area contributed by atoms with Gasteiger partial charge in [-0.15, -0.1) is 12.4 Å². The van der Waals surface area contributed by atoms with Gasteiger partial charge in [-0.3, -0.25) is 4.79 Å². The summed E-state index contributed by atoms with van der Waals surface area (Å²) in [6.45, 7) is 3.14. The quantitative estimate of drug-likeness (QED) is 0.709. The van der Waals surface area contributed by atoms with Crippen molar-refractivity contribution in [2.75, 3.05) is 26.9 Å². The molecular weight excluding hydrogens is 272 g/mol. The van der Waals surface area contributed by atoms with Crippen molar-refractivity contribution < 1.29 is 19.1 Å². The van der Waals surface area contributed by atoms with E-state index in [0.717, 1.165) is 0 Å². The minimum Gasteiger partial charge on any atom is -0.467 e. The van der Waals surface area contributed by atoms with Crippen LogP contribution in [-0.2, 0) is 19.1 Å². The number of halogens is 1. The van der Waals surface area contributed by atoms with Crippen LogP contribution in [0.5, 0.6) is 0 Å². The average molecular weight is 295 g/mol. The molecule has 19 heavy (non-hydrogen) atoms. The van der Waals surface area contributed by atoms with E-state index in [9.17, 15) is 9.59 Å². The van der Waals surface area contributed by atoms with E-state index >= 15 is 0 Å². The fourth-order valence-electron chi connectivity index (χ4n) is 2.07. The third kappa shape index (κ3) is 4.33. The Hall–Kier alpha value is -0.850. The number of hydrogen-bond donors (Lipinski definition) is 2. The first-order valence-electron chi connectivity index (χ1n) is 6.26. The average Bonchev–Trinajstić information content (AvgIpc) is 2.44. The molecule has 1 aliphatic heterocycles. The Morgan fingerprint density at radius 3 is 2.42 bits per heavy atom. The third-order valence-electron chi connectivity index (χ3n) is 3.52. The van der Waals surface area contributed by atoms with Gasteiger partial charge in [0.15, 0.2) is 0 Å². The summed E-state index contributed by atoms with van der Waals surface area (Å²) in [6, 6.07) is -0.603. The highest BCUT2D eigenvalue weighted by Crippen LogP contribution is 2.29. The molecule has 1 amide bonds. The second-order valence-corrected chi connectivity index (χ2v) is 4.55. The predicted octanol–water partition coefficient (Wildman–Crippen LogP) is 0.232. The van der Waals surface area contributed by atoms with Crippen LogP contribution in [0.2, 0.25) is 0 Å². The molecule has 1 heterocycles. The summed E-state index contributed by atoms with van der Waals surface area (Å²) in [5.41, 5.74) is 5.12. The van der Waals surface area contributed by atoms with Gasteiger partial charge in [-0.1, -0.05) is 6.92 Å². The molecule has 7 heteroatoms. The van der Waals surface area contributed by atoms with Crippen LogP contribution in [0.15, 0.2) is 0 Å². The van der Waals surface area contributed by atoms with Crippen molar-refractivity contribution in [2.24, 2.45) is 11.1 Å². The minimum absolute atomic E-state index is 0. The highest BCUT2D eigenvalue weighted by Gasteiger charge is 2.40. The van der Waals surface area contributed by atoms with Crippen LogP contribution in [0.25, 0.3) is 0 Å². The SMILES string of the molecule is CCC(NC(=O)C1(CN)CCOCC1)C(=O)OC.Cl. The smallest absolute Gasteiger partial charge is 0.328 e. The van der Waals surface area contributed by atoms with Gasteiger partial charge in [0, 0.05) is 19.8 Å². The Bertz CT molecular complexity index is 306. The molecule has 0 saturated carbocycles. The predicted molar refractivity (Wildman–Crippen MR) is 73.0 cm³/mol. The van der Waals surface area contributed by atoms with Crippen molar-refractivity contribution in [3.05, 3.63) is 0 Å². The summed E-state index contributed by atoms with van der Waals surface area (Å²) in [7, 11) is 1.31. The topological polar surface area (TPSA) is 90.7 Å². The molecule has 0 radical (unpaired) electrons. The van der Waals surface area contributed by atoms with E-state index in [-0.39, 0.29) is 24.9 Å². The lowest BCUT2D eigenvalue weighted by atomic mass is 9.79. The Morgan fingerprint density at radius 1 is 1.42 bits per heavy atom. The molecule has 1 aliphatic rings. The van der Waals surface area contributed by atoms with Crippen LogP contribution in [0.4, 0.5) is 0 Å². The van der Waals surface area contributed by atoms with Crippen LogP contribution in [0.3, 0.4) is 0 Å². The van der Waals surface area contributed by atoms with Gasteiger partial charge >= 0.3 is 5.97 Å². The zero-order valence-electron chi connectivity index (χ0n) is 11.4. The number of nitrogens with two attached hydrogens (primary N) is 1. The maximum atomic E-state index is 12.3. The summed E-state index contributed by atoms with van der Waals surface area (Å²) in [6.07, 6.45) is 1.68. The Balaban J connectivity index is 0.00000324. The van der Waals surface area contributed by atoms with E-state index in [0.29, 0.717) is 32.5 Å². The molecule has 0 aromatic rings. The number of methoxy groups -OCH3 is 1. The molecule has 1 atom stereocenters. The van der Waals surface area contributed by atoms with E-state index in [1.165, 1.54) is 7.11 Å². The van der Waals surface area contributed by atoms with Gasteiger partial charge in [0.1, 0.15) is 6.04 Å². The monoisotopic (exact) mass is 294 g/mol. The van der Waals surface area contributed by atoms with Crippen LogP contribution < -0.4 is 11.1 Å². The van der Waals surface area contributed by atoms with Crippen molar-refractivity contribution in [1.29, 1.82) is 0 Å². The standard InChI is InChI=1S/C12H22N2O4.ClH/c1-3-9(10(15)17-2)14-11(16)12(8-13)4-6-18-7-5-12;/h9H,3-8,13H2,1-2H3,(H,14,16);1H. The highest BCUT2D eigenvalue weighted by atomic mass is 35.5. The first-order chi connectivity index (χ1) is 8.59. The molecule has 1 rings (SSSR count). The lowest BCUT2D eigenvalue weighted by Crippen LogP contribution is -2.53. The number of rotatable bonds is 5. The van der Waals surface area contributed by atoms with Crippen molar-refractivity contribution in [2.45, 2.75) is 32.2 Å². The first kappa shape index (κ1) is 18.1. The summed E-state index contributed by atoms with van der Waals surface area (Å²) < 4.78 is 9.90. The van der Waals surface area contributed by atoms with Crippen molar-refractivity contribution in [1.82, 2.24) is 5.32 Å². The summed E-state index contributed by atoms with van der Waals surface area (Å²) in [5, 5.41) is 2.73. The van der Waals surface area contributed by atoms with E-state index in [2.05, 4.69) is 10.1 Å². The van der Waals surface area contributed by atoms with Gasteiger partial charge in [0.05, 0.1) is 12.5 Å². The second-order valence-electron chi connectivity index (χ2n) is 4.55. The van der Waals surface area contributed by atoms with Crippen LogP contribution in [-0.4, -0.2) is 44.8 Å². The van der Waals surface area contributed by atoms with E-state index < -0.39 is 17.4 Å². The molecule has 0 aromatic carbocycles. The molecule has 112 valence electrons. The summed E-state index contributed by atoms with van der Waals surface area (Å²) in [5.74, 6) is -0.601. The third-order valence-corrected chi connectivity index (χ3v) is 3.52. The largest absolute Gasteiger partial charge is 0.467 e.